The first kappa shape index (κ1) is 21.6. The van der Waals surface area contributed by atoms with Gasteiger partial charge in [0.25, 0.3) is 0 Å². The van der Waals surface area contributed by atoms with Gasteiger partial charge in [0.05, 0.1) is 6.20 Å². The monoisotopic (exact) mass is 455 g/mol. The molecule has 11 heteroatoms. The molecule has 2 aliphatic heterocycles. The molecule has 2 atom stereocenters. The molecule has 0 saturated carbocycles. The molecule has 0 unspecified atom stereocenters. The van der Waals surface area contributed by atoms with Crippen molar-refractivity contribution in [3.05, 3.63) is 41.9 Å². The summed E-state index contributed by atoms with van der Waals surface area (Å²) in [6, 6.07) is 5.05. The third-order valence-corrected chi connectivity index (χ3v) is 6.60. The summed E-state index contributed by atoms with van der Waals surface area (Å²) in [6.07, 6.45) is 5.39. The van der Waals surface area contributed by atoms with Gasteiger partial charge in [0.1, 0.15) is 11.5 Å². The molecule has 4 heterocycles. The van der Waals surface area contributed by atoms with Crippen molar-refractivity contribution in [3.8, 4) is 5.69 Å². The van der Waals surface area contributed by atoms with Crippen molar-refractivity contribution in [1.82, 2.24) is 35.1 Å². The molecule has 2 saturated heterocycles. The van der Waals surface area contributed by atoms with E-state index in [9.17, 15) is 8.78 Å². The number of hydrogen-bond donors (Lipinski definition) is 2. The largest absolute Gasteiger partial charge is 0.365 e. The summed E-state index contributed by atoms with van der Waals surface area (Å²) >= 11 is 0. The molecule has 33 heavy (non-hydrogen) atoms. The normalized spacial score (nSPS) is 22.2. The van der Waals surface area contributed by atoms with Gasteiger partial charge in [0.2, 0.25) is 5.95 Å². The molecule has 2 aliphatic rings. The van der Waals surface area contributed by atoms with Crippen molar-refractivity contribution < 1.29 is 8.78 Å². The van der Waals surface area contributed by atoms with E-state index in [1.165, 1.54) is 23.6 Å². The number of tetrazole rings is 1. The maximum absolute atomic E-state index is 14.6. The Morgan fingerprint density at radius 2 is 2.03 bits per heavy atom. The summed E-state index contributed by atoms with van der Waals surface area (Å²) in [7, 11) is 0. The van der Waals surface area contributed by atoms with Crippen LogP contribution in [0.3, 0.4) is 0 Å². The van der Waals surface area contributed by atoms with Crippen molar-refractivity contribution >= 4 is 17.5 Å². The SMILES string of the molecule is Cc1nnnn1-c1cc(Nc2ncc(F)c(N[C@@H]3C[C@@H]4CCCN4C(C)(C)C3)n2)ccc1F. The van der Waals surface area contributed by atoms with E-state index in [1.807, 2.05) is 0 Å². The minimum atomic E-state index is -0.503. The maximum atomic E-state index is 14.6. The smallest absolute Gasteiger partial charge is 0.229 e. The second kappa shape index (κ2) is 8.29. The average molecular weight is 456 g/mol. The number of rotatable bonds is 5. The van der Waals surface area contributed by atoms with E-state index in [2.05, 4.69) is 54.9 Å². The summed E-state index contributed by atoms with van der Waals surface area (Å²) in [5.74, 6) is -0.150. The maximum Gasteiger partial charge on any atom is 0.229 e. The van der Waals surface area contributed by atoms with Gasteiger partial charge < -0.3 is 10.6 Å². The van der Waals surface area contributed by atoms with Gasteiger partial charge in [-0.3, -0.25) is 4.90 Å². The fourth-order valence-electron chi connectivity index (χ4n) is 5.18. The van der Waals surface area contributed by atoms with Crippen LogP contribution in [0.2, 0.25) is 0 Å². The predicted octanol–water partition coefficient (Wildman–Crippen LogP) is 3.60. The lowest BCUT2D eigenvalue weighted by atomic mass is 9.84. The van der Waals surface area contributed by atoms with Crippen LogP contribution < -0.4 is 10.6 Å². The zero-order valence-electron chi connectivity index (χ0n) is 18.9. The van der Waals surface area contributed by atoms with Crippen LogP contribution in [0.25, 0.3) is 5.69 Å². The molecular formula is C22H27F2N9. The number of fused-ring (bicyclic) bond motifs is 1. The zero-order valence-corrected chi connectivity index (χ0v) is 18.9. The van der Waals surface area contributed by atoms with Crippen LogP contribution >= 0.6 is 0 Å². The molecular weight excluding hydrogens is 428 g/mol. The molecule has 1 aromatic carbocycles. The van der Waals surface area contributed by atoms with Crippen molar-refractivity contribution in [2.75, 3.05) is 17.2 Å². The Kier molecular flexibility index (Phi) is 5.43. The van der Waals surface area contributed by atoms with E-state index >= 15 is 0 Å². The second-order valence-corrected chi connectivity index (χ2v) is 9.40. The van der Waals surface area contributed by atoms with Gasteiger partial charge in [-0.05, 0) is 81.6 Å². The van der Waals surface area contributed by atoms with Crippen molar-refractivity contribution in [2.45, 2.75) is 64.1 Å². The van der Waals surface area contributed by atoms with Crippen molar-refractivity contribution in [2.24, 2.45) is 0 Å². The average Bonchev–Trinajstić information content (AvgIpc) is 3.41. The minimum Gasteiger partial charge on any atom is -0.365 e. The Morgan fingerprint density at radius 1 is 1.18 bits per heavy atom. The molecule has 174 valence electrons. The summed E-state index contributed by atoms with van der Waals surface area (Å²) in [5.41, 5.74) is 0.772. The number of aromatic nitrogens is 6. The van der Waals surface area contributed by atoms with E-state index in [-0.39, 0.29) is 29.0 Å². The fourth-order valence-corrected chi connectivity index (χ4v) is 5.18. The third-order valence-electron chi connectivity index (χ3n) is 6.60. The highest BCUT2D eigenvalue weighted by Gasteiger charge is 2.43. The van der Waals surface area contributed by atoms with Gasteiger partial charge in [-0.25, -0.2) is 13.8 Å². The summed E-state index contributed by atoms with van der Waals surface area (Å²) < 4.78 is 30.2. The number of nitrogens with one attached hydrogen (secondary N) is 2. The van der Waals surface area contributed by atoms with Crippen LogP contribution in [0.1, 0.15) is 45.4 Å². The molecule has 3 aromatic rings. The standard InChI is InChI=1S/C22H27F2N9/c1-13-29-30-31-33(13)19-10-14(6-7-17(19)23)27-21-25-12-18(24)20(28-21)26-15-9-16-5-4-8-32(16)22(2,3)11-15/h6-7,10,12,15-16H,4-5,8-9,11H2,1-3H3,(H2,25,26,27,28)/t15-,16+/m1/s1. The molecule has 0 aliphatic carbocycles. The molecule has 2 N–H and O–H groups in total. The number of benzene rings is 1. The van der Waals surface area contributed by atoms with Crippen LogP contribution in [0.4, 0.5) is 26.2 Å². The summed E-state index contributed by atoms with van der Waals surface area (Å²) in [5, 5.41) is 17.5. The van der Waals surface area contributed by atoms with E-state index < -0.39 is 11.6 Å². The lowest BCUT2D eigenvalue weighted by molar-refractivity contribution is 0.0500. The quantitative estimate of drug-likeness (QED) is 0.603. The topological polar surface area (TPSA) is 96.7 Å². The lowest BCUT2D eigenvalue weighted by Crippen LogP contribution is -2.55. The van der Waals surface area contributed by atoms with E-state index in [4.69, 9.17) is 0 Å². The third kappa shape index (κ3) is 4.24. The number of hydrogen-bond acceptors (Lipinski definition) is 8. The predicted molar refractivity (Wildman–Crippen MR) is 120 cm³/mol. The number of piperidine rings is 1. The molecule has 5 rings (SSSR count). The Bertz CT molecular complexity index is 1160. The number of nitrogens with zero attached hydrogens (tertiary/aromatic N) is 7. The Balaban J connectivity index is 1.35. The highest BCUT2D eigenvalue weighted by Crippen LogP contribution is 2.38. The van der Waals surface area contributed by atoms with Crippen molar-refractivity contribution in [3.63, 3.8) is 0 Å². The minimum absolute atomic E-state index is 0.0561. The van der Waals surface area contributed by atoms with Gasteiger partial charge in [-0.2, -0.15) is 9.67 Å². The van der Waals surface area contributed by atoms with Crippen LogP contribution in [0.5, 0.6) is 0 Å². The van der Waals surface area contributed by atoms with Crippen LogP contribution in [-0.4, -0.2) is 59.2 Å². The molecule has 0 spiro atoms. The number of halogens is 2. The first-order valence-corrected chi connectivity index (χ1v) is 11.2. The Morgan fingerprint density at radius 3 is 2.82 bits per heavy atom. The molecule has 0 radical (unpaired) electrons. The summed E-state index contributed by atoms with van der Waals surface area (Å²) in [4.78, 5) is 11.0. The molecule has 0 amide bonds. The van der Waals surface area contributed by atoms with E-state index in [0.29, 0.717) is 17.6 Å². The zero-order chi connectivity index (χ0) is 23.2. The molecule has 9 nitrogen and oxygen atoms in total. The van der Waals surface area contributed by atoms with Crippen LogP contribution in [0, 0.1) is 18.6 Å². The molecule has 2 aromatic heterocycles. The van der Waals surface area contributed by atoms with E-state index in [0.717, 1.165) is 25.6 Å². The van der Waals surface area contributed by atoms with Crippen LogP contribution in [0.15, 0.2) is 24.4 Å². The van der Waals surface area contributed by atoms with Gasteiger partial charge in [0.15, 0.2) is 17.5 Å². The molecule has 0 bridgehead atoms. The lowest BCUT2D eigenvalue weighted by Gasteiger charge is -2.47. The number of anilines is 3. The Labute approximate surface area is 190 Å². The van der Waals surface area contributed by atoms with Gasteiger partial charge in [0, 0.05) is 23.3 Å². The highest BCUT2D eigenvalue weighted by atomic mass is 19.1. The first-order chi connectivity index (χ1) is 15.8. The molecule has 2 fully saturated rings. The van der Waals surface area contributed by atoms with Gasteiger partial charge >= 0.3 is 0 Å². The van der Waals surface area contributed by atoms with Gasteiger partial charge in [-0.1, -0.05) is 0 Å². The first-order valence-electron chi connectivity index (χ1n) is 11.2. The fraction of sp³-hybridized carbons (Fsp3) is 0.500. The summed E-state index contributed by atoms with van der Waals surface area (Å²) in [6.45, 7) is 7.31. The van der Waals surface area contributed by atoms with Crippen molar-refractivity contribution in [1.29, 1.82) is 0 Å². The van der Waals surface area contributed by atoms with Crippen LogP contribution in [-0.2, 0) is 0 Å². The Hall–Kier alpha value is -3.21. The second-order valence-electron chi connectivity index (χ2n) is 9.40. The van der Waals surface area contributed by atoms with E-state index in [1.54, 1.807) is 19.1 Å². The van der Waals surface area contributed by atoms with Gasteiger partial charge in [-0.15, -0.1) is 5.10 Å². The number of aryl methyl sites for hydroxylation is 1. The highest BCUT2D eigenvalue weighted by molar-refractivity contribution is 5.59.